The molecule has 1 aromatic rings. The van der Waals surface area contributed by atoms with Crippen LogP contribution >= 0.6 is 11.6 Å². The number of nitriles is 1. The fourth-order valence-electron chi connectivity index (χ4n) is 1.89. The molecule has 6 heteroatoms. The predicted octanol–water partition coefficient (Wildman–Crippen LogP) is 2.29. The Bertz CT molecular complexity index is 607. The van der Waals surface area contributed by atoms with Gasteiger partial charge >= 0.3 is 0 Å². The van der Waals surface area contributed by atoms with Crippen LogP contribution in [0.15, 0.2) is 23.1 Å². The van der Waals surface area contributed by atoms with Gasteiger partial charge in [0.15, 0.2) is 0 Å². The number of rotatable bonds is 4. The molecule has 1 aliphatic rings. The molecule has 0 amide bonds. The molecule has 2 atom stereocenters. The summed E-state index contributed by atoms with van der Waals surface area (Å²) in [5.74, 6) is 0.428. The maximum Gasteiger partial charge on any atom is 0.242 e. The van der Waals surface area contributed by atoms with Crippen molar-refractivity contribution in [1.29, 1.82) is 5.26 Å². The molecule has 0 bridgehead atoms. The fourth-order valence-corrected chi connectivity index (χ4v) is 3.76. The highest BCUT2D eigenvalue weighted by molar-refractivity contribution is 7.89. The molecule has 2 rings (SSSR count). The van der Waals surface area contributed by atoms with E-state index in [-0.39, 0.29) is 16.0 Å². The molecule has 0 aromatic heterocycles. The van der Waals surface area contributed by atoms with Crippen LogP contribution in [0.2, 0.25) is 5.02 Å². The van der Waals surface area contributed by atoms with Gasteiger partial charge in [-0.05, 0) is 30.5 Å². The lowest BCUT2D eigenvalue weighted by Crippen LogP contribution is -2.27. The lowest BCUT2D eigenvalue weighted by atomic mass is 10.2. The monoisotopic (exact) mass is 284 g/mol. The molecular formula is C12H13ClN2O2S. The zero-order valence-corrected chi connectivity index (χ0v) is 11.4. The van der Waals surface area contributed by atoms with E-state index in [0.29, 0.717) is 11.5 Å². The SMILES string of the molecule is CCC1CC1NS(=O)(=O)c1ccc(C#N)cc1Cl. The van der Waals surface area contributed by atoms with Crippen LogP contribution in [0.1, 0.15) is 25.3 Å². The number of hydrogen-bond acceptors (Lipinski definition) is 3. The summed E-state index contributed by atoms with van der Waals surface area (Å²) >= 11 is 5.90. The van der Waals surface area contributed by atoms with E-state index in [2.05, 4.69) is 4.72 Å². The summed E-state index contributed by atoms with van der Waals surface area (Å²) < 4.78 is 26.8. The Morgan fingerprint density at radius 1 is 1.56 bits per heavy atom. The van der Waals surface area contributed by atoms with Crippen molar-refractivity contribution in [1.82, 2.24) is 4.72 Å². The average Bonchev–Trinajstić information content (AvgIpc) is 3.06. The Kier molecular flexibility index (Phi) is 3.62. The van der Waals surface area contributed by atoms with Gasteiger partial charge in [0, 0.05) is 6.04 Å². The van der Waals surface area contributed by atoms with Gasteiger partial charge < -0.3 is 0 Å². The first-order valence-electron chi connectivity index (χ1n) is 5.70. The maximum absolute atomic E-state index is 12.1. The summed E-state index contributed by atoms with van der Waals surface area (Å²) in [4.78, 5) is 0.0323. The van der Waals surface area contributed by atoms with Crippen LogP contribution < -0.4 is 4.72 Å². The van der Waals surface area contributed by atoms with Crippen molar-refractivity contribution < 1.29 is 8.42 Å². The van der Waals surface area contributed by atoms with Crippen molar-refractivity contribution in [3.8, 4) is 6.07 Å². The van der Waals surface area contributed by atoms with Crippen LogP contribution in [0, 0.1) is 17.2 Å². The molecule has 0 saturated heterocycles. The van der Waals surface area contributed by atoms with Crippen molar-refractivity contribution in [3.63, 3.8) is 0 Å². The third-order valence-corrected chi connectivity index (χ3v) is 5.08. The Morgan fingerprint density at radius 2 is 2.28 bits per heavy atom. The second-order valence-electron chi connectivity index (χ2n) is 4.39. The standard InChI is InChI=1S/C12H13ClN2O2S/c1-2-9-6-11(9)15-18(16,17)12-4-3-8(7-14)5-10(12)13/h3-5,9,11,15H,2,6H2,1H3. The zero-order chi connectivity index (χ0) is 13.3. The summed E-state index contributed by atoms with van der Waals surface area (Å²) in [6, 6.07) is 6.11. The van der Waals surface area contributed by atoms with Crippen LogP contribution in [0.25, 0.3) is 0 Å². The lowest BCUT2D eigenvalue weighted by molar-refractivity contribution is 0.576. The first-order valence-corrected chi connectivity index (χ1v) is 7.56. The first-order chi connectivity index (χ1) is 8.47. The number of nitrogens with zero attached hydrogens (tertiary/aromatic N) is 1. The van der Waals surface area contributed by atoms with Crippen molar-refractivity contribution in [2.24, 2.45) is 5.92 Å². The Hall–Kier alpha value is -1.09. The molecule has 1 fully saturated rings. The zero-order valence-electron chi connectivity index (χ0n) is 9.85. The molecule has 0 radical (unpaired) electrons. The second-order valence-corrected chi connectivity index (χ2v) is 6.48. The molecule has 4 nitrogen and oxygen atoms in total. The highest BCUT2D eigenvalue weighted by atomic mass is 35.5. The first kappa shape index (κ1) is 13.3. The lowest BCUT2D eigenvalue weighted by Gasteiger charge is -2.08. The van der Waals surface area contributed by atoms with Crippen molar-refractivity contribution >= 4 is 21.6 Å². The molecule has 1 aliphatic carbocycles. The normalized spacial score (nSPS) is 22.5. The quantitative estimate of drug-likeness (QED) is 0.922. The number of sulfonamides is 1. The van der Waals surface area contributed by atoms with Gasteiger partial charge in [-0.2, -0.15) is 5.26 Å². The van der Waals surface area contributed by atoms with Crippen LogP contribution in [0.5, 0.6) is 0 Å². The smallest absolute Gasteiger partial charge is 0.208 e. The van der Waals surface area contributed by atoms with E-state index in [4.69, 9.17) is 16.9 Å². The molecule has 96 valence electrons. The third-order valence-electron chi connectivity index (χ3n) is 3.10. The van der Waals surface area contributed by atoms with E-state index >= 15 is 0 Å². The number of hydrogen-bond donors (Lipinski definition) is 1. The van der Waals surface area contributed by atoms with Crippen LogP contribution in [0.4, 0.5) is 0 Å². The van der Waals surface area contributed by atoms with Crippen LogP contribution in [-0.4, -0.2) is 14.5 Å². The van der Waals surface area contributed by atoms with Gasteiger partial charge in [0.2, 0.25) is 10.0 Å². The second kappa shape index (κ2) is 4.88. The highest BCUT2D eigenvalue weighted by Gasteiger charge is 2.39. The van der Waals surface area contributed by atoms with Crippen molar-refractivity contribution in [3.05, 3.63) is 28.8 Å². The van der Waals surface area contributed by atoms with E-state index in [1.807, 2.05) is 13.0 Å². The molecular weight excluding hydrogens is 272 g/mol. The van der Waals surface area contributed by atoms with E-state index in [1.165, 1.54) is 18.2 Å². The van der Waals surface area contributed by atoms with Crippen molar-refractivity contribution in [2.75, 3.05) is 0 Å². The molecule has 2 unspecified atom stereocenters. The number of halogens is 1. The summed E-state index contributed by atoms with van der Waals surface area (Å²) in [6.07, 6.45) is 1.85. The van der Waals surface area contributed by atoms with Gasteiger partial charge in [-0.3, -0.25) is 0 Å². The minimum absolute atomic E-state index is 0.0201. The summed E-state index contributed by atoms with van der Waals surface area (Å²) in [5.41, 5.74) is 0.344. The Morgan fingerprint density at radius 3 is 2.78 bits per heavy atom. The van der Waals surface area contributed by atoms with E-state index in [1.54, 1.807) is 0 Å². The topological polar surface area (TPSA) is 70.0 Å². The van der Waals surface area contributed by atoms with E-state index in [0.717, 1.165) is 12.8 Å². The molecule has 0 aliphatic heterocycles. The summed E-state index contributed by atoms with van der Waals surface area (Å²) in [7, 11) is -3.59. The molecule has 1 saturated carbocycles. The third kappa shape index (κ3) is 2.66. The Labute approximate surface area is 112 Å². The van der Waals surface area contributed by atoms with Crippen LogP contribution in [0.3, 0.4) is 0 Å². The minimum atomic E-state index is -3.59. The number of nitrogens with one attached hydrogen (secondary N) is 1. The van der Waals surface area contributed by atoms with Gasteiger partial charge in [-0.1, -0.05) is 24.9 Å². The maximum atomic E-state index is 12.1. The van der Waals surface area contributed by atoms with Crippen LogP contribution in [-0.2, 0) is 10.0 Å². The molecule has 18 heavy (non-hydrogen) atoms. The molecule has 1 N–H and O–H groups in total. The van der Waals surface area contributed by atoms with Gasteiger partial charge in [-0.25, -0.2) is 13.1 Å². The molecule has 0 heterocycles. The summed E-state index contributed by atoms with van der Waals surface area (Å²) in [5, 5.41) is 8.78. The van der Waals surface area contributed by atoms with Crippen molar-refractivity contribution in [2.45, 2.75) is 30.7 Å². The van der Waals surface area contributed by atoms with Gasteiger partial charge in [0.25, 0.3) is 0 Å². The van der Waals surface area contributed by atoms with Gasteiger partial charge in [0.05, 0.1) is 16.7 Å². The molecule has 1 aromatic carbocycles. The summed E-state index contributed by atoms with van der Waals surface area (Å²) in [6.45, 7) is 2.04. The van der Waals surface area contributed by atoms with Gasteiger partial charge in [-0.15, -0.1) is 0 Å². The van der Waals surface area contributed by atoms with Gasteiger partial charge in [0.1, 0.15) is 4.90 Å². The predicted molar refractivity (Wildman–Crippen MR) is 68.7 cm³/mol. The largest absolute Gasteiger partial charge is 0.242 e. The average molecular weight is 285 g/mol. The highest BCUT2D eigenvalue weighted by Crippen LogP contribution is 2.35. The minimum Gasteiger partial charge on any atom is -0.208 e. The van der Waals surface area contributed by atoms with E-state index in [9.17, 15) is 8.42 Å². The Balaban J connectivity index is 2.23. The fraction of sp³-hybridized carbons (Fsp3) is 0.417. The van der Waals surface area contributed by atoms with E-state index < -0.39 is 10.0 Å². The number of benzene rings is 1. The molecule has 0 spiro atoms.